The Hall–Kier alpha value is -4.26. The quantitative estimate of drug-likeness (QED) is 0.370. The van der Waals surface area contributed by atoms with Crippen LogP contribution in [-0.2, 0) is 20.9 Å². The number of fused-ring (bicyclic) bond motifs is 1. The van der Waals surface area contributed by atoms with Gasteiger partial charge in [0.15, 0.2) is 6.61 Å². The molecule has 4 aromatic rings. The van der Waals surface area contributed by atoms with Gasteiger partial charge in [0.25, 0.3) is 5.91 Å². The van der Waals surface area contributed by atoms with Gasteiger partial charge in [-0.2, -0.15) is 0 Å². The molecule has 0 saturated heterocycles. The van der Waals surface area contributed by atoms with Crippen LogP contribution in [0.2, 0.25) is 0 Å². The first-order chi connectivity index (χ1) is 15.2. The largest absolute Gasteiger partial charge is 0.452 e. The maximum atomic E-state index is 12.1. The van der Waals surface area contributed by atoms with E-state index >= 15 is 0 Å². The zero-order valence-electron chi connectivity index (χ0n) is 16.6. The molecule has 0 bridgehead atoms. The van der Waals surface area contributed by atoms with Crippen LogP contribution in [0.1, 0.15) is 11.3 Å². The van der Waals surface area contributed by atoms with E-state index < -0.39 is 11.9 Å². The number of esters is 1. The first kappa shape index (κ1) is 20.0. The van der Waals surface area contributed by atoms with Crippen LogP contribution < -0.4 is 5.32 Å². The Morgan fingerprint density at radius 3 is 2.58 bits per heavy atom. The first-order valence-electron chi connectivity index (χ1n) is 9.73. The topological polar surface area (TPSA) is 86.1 Å². The van der Waals surface area contributed by atoms with E-state index in [1.54, 1.807) is 16.9 Å². The summed E-state index contributed by atoms with van der Waals surface area (Å²) in [6, 6.07) is 23.3. The molecule has 7 heteroatoms. The van der Waals surface area contributed by atoms with Crippen LogP contribution in [0.15, 0.2) is 85.1 Å². The van der Waals surface area contributed by atoms with E-state index in [1.807, 2.05) is 66.7 Å². The normalized spacial score (nSPS) is 11.0. The Balaban J connectivity index is 1.25. The van der Waals surface area contributed by atoms with Crippen molar-refractivity contribution < 1.29 is 14.3 Å². The van der Waals surface area contributed by atoms with Crippen molar-refractivity contribution >= 4 is 34.4 Å². The highest BCUT2D eigenvalue weighted by Gasteiger charge is 2.07. The first-order valence-corrected chi connectivity index (χ1v) is 9.73. The Kier molecular flexibility index (Phi) is 6.13. The van der Waals surface area contributed by atoms with E-state index in [9.17, 15) is 9.59 Å². The number of anilines is 1. The number of carbonyl (C=O) groups excluding carboxylic acids is 2. The van der Waals surface area contributed by atoms with Gasteiger partial charge < -0.3 is 10.1 Å². The second-order valence-electron chi connectivity index (χ2n) is 6.88. The van der Waals surface area contributed by atoms with E-state index in [2.05, 4.69) is 15.6 Å². The van der Waals surface area contributed by atoms with Crippen LogP contribution in [0.3, 0.4) is 0 Å². The zero-order chi connectivity index (χ0) is 21.5. The van der Waals surface area contributed by atoms with Gasteiger partial charge in [0.2, 0.25) is 0 Å². The van der Waals surface area contributed by atoms with E-state index in [1.165, 1.54) is 12.2 Å². The summed E-state index contributed by atoms with van der Waals surface area (Å²) in [5.74, 6) is -1.04. The molecule has 0 spiro atoms. The van der Waals surface area contributed by atoms with Gasteiger partial charge in [-0.3, -0.25) is 4.79 Å². The monoisotopic (exact) mass is 412 g/mol. The lowest BCUT2D eigenvalue weighted by molar-refractivity contribution is -0.142. The number of ether oxygens (including phenoxy) is 1. The van der Waals surface area contributed by atoms with Crippen molar-refractivity contribution in [2.45, 2.75) is 6.54 Å². The molecule has 0 aliphatic carbocycles. The maximum absolute atomic E-state index is 12.1. The highest BCUT2D eigenvalue weighted by Crippen LogP contribution is 2.18. The fourth-order valence-electron chi connectivity index (χ4n) is 3.04. The van der Waals surface area contributed by atoms with E-state index in [4.69, 9.17) is 4.74 Å². The van der Waals surface area contributed by atoms with Crippen LogP contribution in [0.25, 0.3) is 16.8 Å². The summed E-state index contributed by atoms with van der Waals surface area (Å²) in [4.78, 5) is 24.0. The minimum atomic E-state index is -0.633. The molecule has 1 heterocycles. The second-order valence-corrected chi connectivity index (χ2v) is 6.88. The Bertz CT molecular complexity index is 1230. The van der Waals surface area contributed by atoms with E-state index in [-0.39, 0.29) is 6.61 Å². The molecule has 0 radical (unpaired) electrons. The van der Waals surface area contributed by atoms with Crippen molar-refractivity contribution in [1.82, 2.24) is 15.0 Å². The molecular weight excluding hydrogens is 392 g/mol. The smallest absolute Gasteiger partial charge is 0.331 e. The van der Waals surface area contributed by atoms with Crippen molar-refractivity contribution in [3.8, 4) is 0 Å². The lowest BCUT2D eigenvalue weighted by Crippen LogP contribution is -2.20. The van der Waals surface area contributed by atoms with Crippen molar-refractivity contribution in [2.75, 3.05) is 11.9 Å². The van der Waals surface area contributed by atoms with Crippen molar-refractivity contribution in [3.05, 3.63) is 96.3 Å². The lowest BCUT2D eigenvalue weighted by Gasteiger charge is -2.06. The van der Waals surface area contributed by atoms with Gasteiger partial charge in [-0.15, -0.1) is 5.10 Å². The molecule has 154 valence electrons. The fourth-order valence-corrected chi connectivity index (χ4v) is 3.04. The third-order valence-corrected chi connectivity index (χ3v) is 4.51. The summed E-state index contributed by atoms with van der Waals surface area (Å²) in [6.07, 6.45) is 4.45. The molecule has 0 aliphatic rings. The Labute approximate surface area is 179 Å². The van der Waals surface area contributed by atoms with Crippen LogP contribution in [-0.4, -0.2) is 33.5 Å². The number of aromatic nitrogens is 3. The molecular formula is C24H20N4O3. The molecule has 4 rings (SSSR count). The Morgan fingerprint density at radius 2 is 1.74 bits per heavy atom. The molecule has 1 N–H and O–H groups in total. The molecule has 1 amide bonds. The highest BCUT2D eigenvalue weighted by molar-refractivity contribution is 5.96. The fraction of sp³-hybridized carbons (Fsp3) is 0.0833. The maximum Gasteiger partial charge on any atom is 0.331 e. The van der Waals surface area contributed by atoms with Crippen LogP contribution in [0.5, 0.6) is 0 Å². The standard InChI is InChI=1S/C24H20N4O3/c29-23(25-21-11-10-19-8-4-5-9-20(19)14-21)17-31-24(30)13-12-22-16-28(27-26-22)15-18-6-2-1-3-7-18/h1-14,16H,15,17H2,(H,25,29)/b13-12+. The van der Waals surface area contributed by atoms with Gasteiger partial charge in [-0.05, 0) is 34.5 Å². The van der Waals surface area contributed by atoms with Crippen LogP contribution in [0, 0.1) is 0 Å². The molecule has 1 aromatic heterocycles. The summed E-state index contributed by atoms with van der Waals surface area (Å²) < 4.78 is 6.67. The summed E-state index contributed by atoms with van der Waals surface area (Å²) in [5.41, 5.74) is 2.26. The molecule has 7 nitrogen and oxygen atoms in total. The molecule has 31 heavy (non-hydrogen) atoms. The number of hydrogen-bond acceptors (Lipinski definition) is 5. The summed E-state index contributed by atoms with van der Waals surface area (Å²) in [7, 11) is 0. The number of nitrogens with zero attached hydrogens (tertiary/aromatic N) is 3. The number of nitrogens with one attached hydrogen (secondary N) is 1. The third kappa shape index (κ3) is 5.63. The Morgan fingerprint density at radius 1 is 0.968 bits per heavy atom. The van der Waals surface area contributed by atoms with Gasteiger partial charge >= 0.3 is 5.97 Å². The van der Waals surface area contributed by atoms with Crippen LogP contribution in [0.4, 0.5) is 5.69 Å². The summed E-state index contributed by atoms with van der Waals surface area (Å²) in [5, 5.41) is 12.9. The van der Waals surface area contributed by atoms with Gasteiger partial charge in [-0.25, -0.2) is 9.48 Å². The third-order valence-electron chi connectivity index (χ3n) is 4.51. The highest BCUT2D eigenvalue weighted by atomic mass is 16.5. The molecule has 3 aromatic carbocycles. The average molecular weight is 412 g/mol. The molecule has 0 fully saturated rings. The van der Waals surface area contributed by atoms with Crippen LogP contribution >= 0.6 is 0 Å². The van der Waals surface area contributed by atoms with Crippen molar-refractivity contribution in [2.24, 2.45) is 0 Å². The minimum absolute atomic E-state index is 0.378. The predicted octanol–water partition coefficient (Wildman–Crippen LogP) is 3.67. The summed E-state index contributed by atoms with van der Waals surface area (Å²) in [6.45, 7) is 0.206. The van der Waals surface area contributed by atoms with E-state index in [0.29, 0.717) is 17.9 Å². The number of carbonyl (C=O) groups is 2. The zero-order valence-corrected chi connectivity index (χ0v) is 16.6. The van der Waals surface area contributed by atoms with Crippen molar-refractivity contribution in [1.29, 1.82) is 0 Å². The number of hydrogen-bond donors (Lipinski definition) is 1. The van der Waals surface area contributed by atoms with Gasteiger partial charge in [0, 0.05) is 11.8 Å². The lowest BCUT2D eigenvalue weighted by atomic mass is 10.1. The summed E-state index contributed by atoms with van der Waals surface area (Å²) >= 11 is 0. The van der Waals surface area contributed by atoms with Gasteiger partial charge in [-0.1, -0.05) is 65.9 Å². The number of benzene rings is 3. The van der Waals surface area contributed by atoms with E-state index in [0.717, 1.165) is 16.3 Å². The number of rotatable bonds is 7. The number of amides is 1. The van der Waals surface area contributed by atoms with Gasteiger partial charge in [0.1, 0.15) is 5.69 Å². The molecule has 0 unspecified atom stereocenters. The molecule has 0 saturated carbocycles. The predicted molar refractivity (Wildman–Crippen MR) is 118 cm³/mol. The average Bonchev–Trinajstić information content (AvgIpc) is 3.24. The SMILES string of the molecule is O=C(COC(=O)/C=C/c1cn(Cc2ccccc2)nn1)Nc1ccc2ccccc2c1. The van der Waals surface area contributed by atoms with Crippen molar-refractivity contribution in [3.63, 3.8) is 0 Å². The van der Waals surface area contributed by atoms with Gasteiger partial charge in [0.05, 0.1) is 12.7 Å². The molecule has 0 aliphatic heterocycles. The molecule has 0 atom stereocenters. The second kappa shape index (κ2) is 9.49. The minimum Gasteiger partial charge on any atom is -0.452 e.